The Bertz CT molecular complexity index is 1000. The van der Waals surface area contributed by atoms with Crippen LogP contribution in [0.4, 0.5) is 10.3 Å². The predicted octanol–water partition coefficient (Wildman–Crippen LogP) is 2.02. The van der Waals surface area contributed by atoms with Gasteiger partial charge < -0.3 is 9.80 Å². The van der Waals surface area contributed by atoms with Gasteiger partial charge in [0.25, 0.3) is 0 Å². The number of benzene rings is 1. The van der Waals surface area contributed by atoms with Gasteiger partial charge in [0.2, 0.25) is 21.9 Å². The number of aromatic nitrogens is 2. The molecule has 1 aliphatic heterocycles. The van der Waals surface area contributed by atoms with Gasteiger partial charge in [0.15, 0.2) is 0 Å². The van der Waals surface area contributed by atoms with E-state index in [0.717, 1.165) is 18.2 Å². The summed E-state index contributed by atoms with van der Waals surface area (Å²) in [4.78, 5) is 25.0. The van der Waals surface area contributed by atoms with E-state index in [-0.39, 0.29) is 15.8 Å². The van der Waals surface area contributed by atoms with Gasteiger partial charge in [-0.25, -0.2) is 22.8 Å². The molecule has 0 aliphatic carbocycles. The number of thioether (sulfide) groups is 1. The molecule has 2 aromatic rings. The highest BCUT2D eigenvalue weighted by molar-refractivity contribution is 7.98. The van der Waals surface area contributed by atoms with Gasteiger partial charge in [-0.1, -0.05) is 11.6 Å². The first-order chi connectivity index (χ1) is 14.8. The molecular formula is C19H23ClFN5O3S2. The Morgan fingerprint density at radius 2 is 1.94 bits per heavy atom. The molecule has 1 aliphatic rings. The van der Waals surface area contributed by atoms with E-state index in [4.69, 9.17) is 11.6 Å². The lowest BCUT2D eigenvalue weighted by atomic mass is 10.2. The lowest BCUT2D eigenvalue weighted by molar-refractivity contribution is -0.133. The quantitative estimate of drug-likeness (QED) is 0.608. The van der Waals surface area contributed by atoms with E-state index >= 15 is 0 Å². The van der Waals surface area contributed by atoms with Crippen LogP contribution in [0.5, 0.6) is 0 Å². The van der Waals surface area contributed by atoms with Crippen molar-refractivity contribution < 1.29 is 17.6 Å². The maximum absolute atomic E-state index is 13.4. The number of piperazine rings is 1. The molecule has 0 saturated carbocycles. The van der Waals surface area contributed by atoms with Crippen LogP contribution in [0, 0.1) is 5.82 Å². The van der Waals surface area contributed by atoms with E-state index in [9.17, 15) is 17.6 Å². The lowest BCUT2D eigenvalue weighted by Crippen LogP contribution is -2.55. The molecule has 1 atom stereocenters. The number of sulfonamides is 1. The molecule has 1 unspecified atom stereocenters. The summed E-state index contributed by atoms with van der Waals surface area (Å²) >= 11 is 7.24. The molecule has 1 fully saturated rings. The SMILES string of the molecule is CSCCC(NS(=O)(=O)c1ccc(F)c(Cl)c1)C(=O)N1CCN(c2ncccn2)CC1. The minimum absolute atomic E-state index is 0.188. The molecule has 3 rings (SSSR count). The minimum Gasteiger partial charge on any atom is -0.338 e. The molecule has 8 nitrogen and oxygen atoms in total. The van der Waals surface area contributed by atoms with Gasteiger partial charge in [-0.2, -0.15) is 16.5 Å². The standard InChI is InChI=1S/C19H23ClFN5O3S2/c1-30-12-5-17(24-31(28,29)14-3-4-16(21)15(20)13-14)18(27)25-8-10-26(11-9-25)19-22-6-2-7-23-19/h2-4,6-7,13,17,24H,5,8-12H2,1H3. The highest BCUT2D eigenvalue weighted by atomic mass is 35.5. The highest BCUT2D eigenvalue weighted by Crippen LogP contribution is 2.20. The number of carbonyl (C=O) groups is 1. The topological polar surface area (TPSA) is 95.5 Å². The van der Waals surface area contributed by atoms with Crippen molar-refractivity contribution in [3.05, 3.63) is 47.5 Å². The van der Waals surface area contributed by atoms with Crippen LogP contribution in [-0.2, 0) is 14.8 Å². The predicted molar refractivity (Wildman–Crippen MR) is 119 cm³/mol. The molecule has 0 radical (unpaired) electrons. The average Bonchev–Trinajstić information content (AvgIpc) is 2.78. The molecule has 1 aromatic heterocycles. The van der Waals surface area contributed by atoms with E-state index in [1.807, 2.05) is 11.2 Å². The van der Waals surface area contributed by atoms with Gasteiger partial charge in [0.1, 0.15) is 11.9 Å². The van der Waals surface area contributed by atoms with Crippen molar-refractivity contribution in [3.8, 4) is 0 Å². The molecule has 1 aromatic carbocycles. The summed E-state index contributed by atoms with van der Waals surface area (Å²) in [6, 6.07) is 3.95. The largest absolute Gasteiger partial charge is 0.338 e. The van der Waals surface area contributed by atoms with Crippen LogP contribution >= 0.6 is 23.4 Å². The van der Waals surface area contributed by atoms with Crippen molar-refractivity contribution in [2.75, 3.05) is 43.1 Å². The fourth-order valence-electron chi connectivity index (χ4n) is 3.17. The van der Waals surface area contributed by atoms with Crippen LogP contribution in [0.25, 0.3) is 0 Å². The maximum Gasteiger partial charge on any atom is 0.241 e. The molecule has 31 heavy (non-hydrogen) atoms. The summed E-state index contributed by atoms with van der Waals surface area (Å²) in [5, 5.41) is -0.297. The Labute approximate surface area is 190 Å². The van der Waals surface area contributed by atoms with Crippen LogP contribution < -0.4 is 9.62 Å². The van der Waals surface area contributed by atoms with E-state index in [1.165, 1.54) is 11.8 Å². The van der Waals surface area contributed by atoms with E-state index < -0.39 is 21.9 Å². The molecule has 0 spiro atoms. The first kappa shape index (κ1) is 23.7. The number of hydrogen-bond donors (Lipinski definition) is 1. The zero-order valence-corrected chi connectivity index (χ0v) is 19.3. The van der Waals surface area contributed by atoms with Crippen molar-refractivity contribution >= 4 is 45.2 Å². The first-order valence-electron chi connectivity index (χ1n) is 9.59. The normalized spacial score (nSPS) is 15.7. The van der Waals surface area contributed by atoms with E-state index in [1.54, 1.807) is 23.4 Å². The van der Waals surface area contributed by atoms with Crippen molar-refractivity contribution in [2.45, 2.75) is 17.4 Å². The number of hydrogen-bond acceptors (Lipinski definition) is 7. The zero-order chi connectivity index (χ0) is 22.4. The third-order valence-corrected chi connectivity index (χ3v) is 7.24. The minimum atomic E-state index is -4.05. The third kappa shape index (κ3) is 6.06. The van der Waals surface area contributed by atoms with Crippen molar-refractivity contribution in [2.24, 2.45) is 0 Å². The Balaban J connectivity index is 1.70. The zero-order valence-electron chi connectivity index (χ0n) is 16.9. The molecular weight excluding hydrogens is 465 g/mol. The number of amides is 1. The molecule has 1 amide bonds. The second-order valence-corrected chi connectivity index (χ2v) is 10.00. The fraction of sp³-hybridized carbons (Fsp3) is 0.421. The van der Waals surface area contributed by atoms with Crippen LogP contribution in [0.3, 0.4) is 0 Å². The molecule has 1 N–H and O–H groups in total. The molecule has 1 saturated heterocycles. The maximum atomic E-state index is 13.4. The van der Waals surface area contributed by atoms with Crippen LogP contribution in [0.15, 0.2) is 41.6 Å². The third-order valence-electron chi connectivity index (χ3n) is 4.83. The number of halogens is 2. The Morgan fingerprint density at radius 3 is 2.55 bits per heavy atom. The summed E-state index contributed by atoms with van der Waals surface area (Å²) in [6.07, 6.45) is 5.54. The van der Waals surface area contributed by atoms with Crippen molar-refractivity contribution in [3.63, 3.8) is 0 Å². The molecule has 168 valence electrons. The lowest BCUT2D eigenvalue weighted by Gasteiger charge is -2.36. The monoisotopic (exact) mass is 487 g/mol. The second-order valence-electron chi connectivity index (χ2n) is 6.89. The van der Waals surface area contributed by atoms with E-state index in [0.29, 0.717) is 44.3 Å². The number of rotatable bonds is 8. The van der Waals surface area contributed by atoms with Gasteiger partial charge in [0.05, 0.1) is 9.92 Å². The summed E-state index contributed by atoms with van der Waals surface area (Å²) < 4.78 is 41.5. The van der Waals surface area contributed by atoms with Gasteiger partial charge in [-0.05, 0) is 42.7 Å². The van der Waals surface area contributed by atoms with Gasteiger partial charge in [0, 0.05) is 38.6 Å². The van der Waals surface area contributed by atoms with Crippen LogP contribution in [0.2, 0.25) is 5.02 Å². The van der Waals surface area contributed by atoms with Crippen LogP contribution in [0.1, 0.15) is 6.42 Å². The molecule has 12 heteroatoms. The fourth-order valence-corrected chi connectivity index (χ4v) is 5.14. The number of nitrogens with zero attached hydrogens (tertiary/aromatic N) is 4. The van der Waals surface area contributed by atoms with Gasteiger partial charge >= 0.3 is 0 Å². The van der Waals surface area contributed by atoms with Crippen molar-refractivity contribution in [1.82, 2.24) is 19.6 Å². The average molecular weight is 488 g/mol. The summed E-state index contributed by atoms with van der Waals surface area (Å²) in [5.41, 5.74) is 0. The smallest absolute Gasteiger partial charge is 0.241 e. The van der Waals surface area contributed by atoms with Crippen LogP contribution in [-0.4, -0.2) is 73.4 Å². The summed E-state index contributed by atoms with van der Waals surface area (Å²) in [5.74, 6) is 0.193. The second kappa shape index (κ2) is 10.6. The van der Waals surface area contributed by atoms with E-state index in [2.05, 4.69) is 14.7 Å². The molecule has 2 heterocycles. The Morgan fingerprint density at radius 1 is 1.26 bits per heavy atom. The number of carbonyl (C=O) groups excluding carboxylic acids is 1. The summed E-state index contributed by atoms with van der Waals surface area (Å²) in [7, 11) is -4.05. The Kier molecular flexibility index (Phi) is 8.09. The van der Waals surface area contributed by atoms with Gasteiger partial charge in [-0.3, -0.25) is 4.79 Å². The van der Waals surface area contributed by atoms with Crippen molar-refractivity contribution in [1.29, 1.82) is 0 Å². The molecule has 0 bridgehead atoms. The Hall–Kier alpha value is -1.95. The first-order valence-corrected chi connectivity index (χ1v) is 12.8. The van der Waals surface area contributed by atoms with Gasteiger partial charge in [-0.15, -0.1) is 0 Å². The summed E-state index contributed by atoms with van der Waals surface area (Å²) in [6.45, 7) is 1.95. The highest BCUT2D eigenvalue weighted by Gasteiger charge is 2.31. The number of anilines is 1. The number of nitrogens with one attached hydrogen (secondary N) is 1.